The zero-order valence-electron chi connectivity index (χ0n) is 9.71. The number of aliphatic hydroxyl groups is 1. The van der Waals surface area contributed by atoms with Gasteiger partial charge in [0.2, 0.25) is 0 Å². The smallest absolute Gasteiger partial charge is 0.0862 e. The molecule has 0 amide bonds. The van der Waals surface area contributed by atoms with E-state index in [1.165, 1.54) is 6.42 Å². The Labute approximate surface area is 95.8 Å². The predicted molar refractivity (Wildman–Crippen MR) is 62.9 cm³/mol. The molecule has 90 valence electrons. The summed E-state index contributed by atoms with van der Waals surface area (Å²) < 4.78 is 1.69. The van der Waals surface area contributed by atoms with Crippen LogP contribution in [-0.2, 0) is 6.54 Å². The largest absolute Gasteiger partial charge is 0.396 e. The summed E-state index contributed by atoms with van der Waals surface area (Å²) >= 11 is 0. The number of anilines is 1. The van der Waals surface area contributed by atoms with E-state index in [1.807, 2.05) is 0 Å². The second-order valence-corrected chi connectivity index (χ2v) is 4.80. The summed E-state index contributed by atoms with van der Waals surface area (Å²) in [6.07, 6.45) is 4.21. The molecule has 16 heavy (non-hydrogen) atoms. The molecule has 0 bridgehead atoms. The van der Waals surface area contributed by atoms with Crippen LogP contribution < -0.4 is 5.73 Å². The van der Waals surface area contributed by atoms with E-state index < -0.39 is 0 Å². The summed E-state index contributed by atoms with van der Waals surface area (Å²) in [5.41, 5.74) is 6.20. The maximum atomic E-state index is 9.92. The Morgan fingerprint density at radius 3 is 3.00 bits per heavy atom. The minimum absolute atomic E-state index is 0.371. The standard InChI is InChI=1S/C11H20N4O/c1-9-2-3-14(5-9)7-11(16)8-15-6-10(12)4-13-15/h4,6,9,11,16H,2-3,5,7-8,12H2,1H3. The molecule has 1 fully saturated rings. The first-order valence-electron chi connectivity index (χ1n) is 5.82. The van der Waals surface area contributed by atoms with Crippen molar-refractivity contribution < 1.29 is 5.11 Å². The molecule has 0 spiro atoms. The normalized spacial score (nSPS) is 23.8. The molecule has 1 aliphatic heterocycles. The van der Waals surface area contributed by atoms with Crippen LogP contribution in [0.15, 0.2) is 12.4 Å². The van der Waals surface area contributed by atoms with Crippen LogP contribution in [-0.4, -0.2) is 45.5 Å². The number of hydrogen-bond donors (Lipinski definition) is 2. The molecule has 5 heteroatoms. The minimum Gasteiger partial charge on any atom is -0.396 e. The molecule has 0 aliphatic carbocycles. The molecular formula is C11H20N4O. The molecule has 0 radical (unpaired) electrons. The van der Waals surface area contributed by atoms with Gasteiger partial charge in [-0.25, -0.2) is 0 Å². The summed E-state index contributed by atoms with van der Waals surface area (Å²) in [6, 6.07) is 0. The van der Waals surface area contributed by atoms with E-state index in [0.717, 1.165) is 25.6 Å². The van der Waals surface area contributed by atoms with Gasteiger partial charge >= 0.3 is 0 Å². The number of hydrogen-bond acceptors (Lipinski definition) is 4. The molecule has 1 saturated heterocycles. The Morgan fingerprint density at radius 2 is 2.44 bits per heavy atom. The third kappa shape index (κ3) is 2.96. The highest BCUT2D eigenvalue weighted by atomic mass is 16.3. The number of nitrogens with zero attached hydrogens (tertiary/aromatic N) is 3. The van der Waals surface area contributed by atoms with Crippen molar-refractivity contribution in [3.05, 3.63) is 12.4 Å². The van der Waals surface area contributed by atoms with Crippen molar-refractivity contribution in [1.82, 2.24) is 14.7 Å². The zero-order valence-corrected chi connectivity index (χ0v) is 9.71. The topological polar surface area (TPSA) is 67.3 Å². The molecule has 1 aromatic heterocycles. The second kappa shape index (κ2) is 4.84. The highest BCUT2D eigenvalue weighted by molar-refractivity contribution is 5.30. The van der Waals surface area contributed by atoms with E-state index in [9.17, 15) is 5.11 Å². The van der Waals surface area contributed by atoms with Gasteiger partial charge in [0.25, 0.3) is 0 Å². The quantitative estimate of drug-likeness (QED) is 0.765. The van der Waals surface area contributed by atoms with Crippen LogP contribution in [0.25, 0.3) is 0 Å². The molecule has 1 aromatic rings. The molecular weight excluding hydrogens is 204 g/mol. The first-order valence-corrected chi connectivity index (χ1v) is 5.82. The van der Waals surface area contributed by atoms with Gasteiger partial charge in [-0.15, -0.1) is 0 Å². The van der Waals surface area contributed by atoms with Crippen LogP contribution in [0.5, 0.6) is 0 Å². The Bertz CT molecular complexity index is 338. The number of likely N-dealkylation sites (tertiary alicyclic amines) is 1. The van der Waals surface area contributed by atoms with Crippen LogP contribution >= 0.6 is 0 Å². The maximum absolute atomic E-state index is 9.92. The number of rotatable bonds is 4. The molecule has 1 aliphatic rings. The Morgan fingerprint density at radius 1 is 1.62 bits per heavy atom. The number of β-amino-alcohol motifs (C(OH)–C–C–N with tert-alkyl or cyclic N) is 1. The maximum Gasteiger partial charge on any atom is 0.0862 e. The molecule has 2 heterocycles. The van der Waals surface area contributed by atoms with Crippen molar-refractivity contribution in [3.63, 3.8) is 0 Å². The van der Waals surface area contributed by atoms with Crippen molar-refractivity contribution in [2.75, 3.05) is 25.4 Å². The fraction of sp³-hybridized carbons (Fsp3) is 0.727. The second-order valence-electron chi connectivity index (χ2n) is 4.80. The molecule has 0 aromatic carbocycles. The lowest BCUT2D eigenvalue weighted by atomic mass is 10.2. The zero-order chi connectivity index (χ0) is 11.5. The summed E-state index contributed by atoms with van der Waals surface area (Å²) in [6.45, 7) is 5.69. The minimum atomic E-state index is -0.371. The lowest BCUT2D eigenvalue weighted by Gasteiger charge is -2.19. The lowest BCUT2D eigenvalue weighted by Crippen LogP contribution is -2.33. The molecule has 3 N–H and O–H groups in total. The van der Waals surface area contributed by atoms with Crippen molar-refractivity contribution in [1.29, 1.82) is 0 Å². The van der Waals surface area contributed by atoms with Gasteiger partial charge in [0.05, 0.1) is 24.5 Å². The number of nitrogen functional groups attached to an aromatic ring is 1. The van der Waals surface area contributed by atoms with Crippen LogP contribution in [0.2, 0.25) is 0 Å². The van der Waals surface area contributed by atoms with Crippen molar-refractivity contribution in [3.8, 4) is 0 Å². The molecule has 2 rings (SSSR count). The Balaban J connectivity index is 1.78. The number of aromatic nitrogens is 2. The molecule has 2 unspecified atom stereocenters. The first kappa shape index (κ1) is 11.4. The molecule has 0 saturated carbocycles. The molecule has 2 atom stereocenters. The van der Waals surface area contributed by atoms with Gasteiger partial charge < -0.3 is 15.7 Å². The van der Waals surface area contributed by atoms with Crippen LogP contribution in [0, 0.1) is 5.92 Å². The summed E-state index contributed by atoms with van der Waals surface area (Å²) in [5, 5.41) is 14.0. The van der Waals surface area contributed by atoms with Crippen LogP contribution in [0.1, 0.15) is 13.3 Å². The highest BCUT2D eigenvalue weighted by Crippen LogP contribution is 2.15. The first-order chi connectivity index (χ1) is 7.63. The van der Waals surface area contributed by atoms with Crippen LogP contribution in [0.3, 0.4) is 0 Å². The number of nitrogens with two attached hydrogens (primary N) is 1. The van der Waals surface area contributed by atoms with Gasteiger partial charge in [0, 0.05) is 19.3 Å². The van der Waals surface area contributed by atoms with Crippen molar-refractivity contribution in [2.45, 2.75) is 26.0 Å². The van der Waals surface area contributed by atoms with E-state index in [0.29, 0.717) is 12.2 Å². The fourth-order valence-electron chi connectivity index (χ4n) is 2.24. The van der Waals surface area contributed by atoms with E-state index in [2.05, 4.69) is 16.9 Å². The van der Waals surface area contributed by atoms with E-state index in [4.69, 9.17) is 5.73 Å². The van der Waals surface area contributed by atoms with Gasteiger partial charge in [-0.05, 0) is 18.9 Å². The average molecular weight is 224 g/mol. The van der Waals surface area contributed by atoms with Crippen molar-refractivity contribution in [2.24, 2.45) is 5.92 Å². The molecule has 5 nitrogen and oxygen atoms in total. The average Bonchev–Trinajstić information content (AvgIpc) is 2.76. The van der Waals surface area contributed by atoms with Gasteiger partial charge in [-0.2, -0.15) is 5.10 Å². The van der Waals surface area contributed by atoms with Gasteiger partial charge in [0.1, 0.15) is 0 Å². The fourth-order valence-corrected chi connectivity index (χ4v) is 2.24. The van der Waals surface area contributed by atoms with Crippen LogP contribution in [0.4, 0.5) is 5.69 Å². The third-order valence-electron chi connectivity index (χ3n) is 3.03. The monoisotopic (exact) mass is 224 g/mol. The SMILES string of the molecule is CC1CCN(CC(O)Cn2cc(N)cn2)C1. The van der Waals surface area contributed by atoms with Crippen molar-refractivity contribution >= 4 is 5.69 Å². The summed E-state index contributed by atoms with van der Waals surface area (Å²) in [5.74, 6) is 0.757. The number of aliphatic hydroxyl groups excluding tert-OH is 1. The van der Waals surface area contributed by atoms with E-state index in [1.54, 1.807) is 17.1 Å². The summed E-state index contributed by atoms with van der Waals surface area (Å²) in [4.78, 5) is 2.31. The van der Waals surface area contributed by atoms with Gasteiger partial charge in [0.15, 0.2) is 0 Å². The summed E-state index contributed by atoms with van der Waals surface area (Å²) in [7, 11) is 0. The lowest BCUT2D eigenvalue weighted by molar-refractivity contribution is 0.104. The third-order valence-corrected chi connectivity index (χ3v) is 3.03. The van der Waals surface area contributed by atoms with Gasteiger partial charge in [-0.3, -0.25) is 4.68 Å². The van der Waals surface area contributed by atoms with Gasteiger partial charge in [-0.1, -0.05) is 6.92 Å². The Kier molecular flexibility index (Phi) is 3.46. The van der Waals surface area contributed by atoms with E-state index in [-0.39, 0.29) is 6.10 Å². The Hall–Kier alpha value is -1.07. The predicted octanol–water partition coefficient (Wildman–Crippen LogP) is 0.168. The van der Waals surface area contributed by atoms with E-state index >= 15 is 0 Å². The highest BCUT2D eigenvalue weighted by Gasteiger charge is 2.20.